The van der Waals surface area contributed by atoms with Crippen LogP contribution in [0.5, 0.6) is 0 Å². The van der Waals surface area contributed by atoms with Gasteiger partial charge in [0.05, 0.1) is 65.1 Å². The summed E-state index contributed by atoms with van der Waals surface area (Å²) in [6, 6.07) is 34.3. The Balaban J connectivity index is 0.000000167. The van der Waals surface area contributed by atoms with Gasteiger partial charge in [-0.3, -0.25) is 59.6 Å². The Morgan fingerprint density at radius 3 is 0.950 bits per heavy atom. The molecule has 0 atom stereocenters. The van der Waals surface area contributed by atoms with Crippen LogP contribution in [0, 0.1) is 39.5 Å². The minimum Gasteiger partial charge on any atom is -0.384 e. The molecule has 40 heteroatoms. The first-order valence-corrected chi connectivity index (χ1v) is 39.6. The van der Waals surface area contributed by atoms with E-state index in [1.165, 1.54) is 97.4 Å². The number of benzene rings is 4. The van der Waals surface area contributed by atoms with Crippen molar-refractivity contribution in [3.8, 4) is 0 Å². The lowest BCUT2D eigenvalue weighted by atomic mass is 10.1. The second-order valence-corrected chi connectivity index (χ2v) is 30.2. The van der Waals surface area contributed by atoms with Crippen LogP contribution in [0.1, 0.15) is 115 Å². The number of rotatable bonds is 20. The van der Waals surface area contributed by atoms with Gasteiger partial charge in [-0.2, -0.15) is 0 Å². The number of aliphatic imine (C=N–C) groups is 1. The molecule has 608 valence electrons. The van der Waals surface area contributed by atoms with Gasteiger partial charge >= 0.3 is 0 Å². The molecule has 12 aromatic rings. The molecule has 0 aliphatic carbocycles. The largest absolute Gasteiger partial charge is 0.384 e. The number of carbonyl (C=O) groups excluding carboxylic acids is 8. The molecule has 4 aromatic carbocycles. The smallest absolute Gasteiger partial charge is 0.269 e. The number of amides is 8. The Bertz CT molecular complexity index is 5870. The van der Waals surface area contributed by atoms with Gasteiger partial charge in [0.25, 0.3) is 47.3 Å². The molecule has 8 aromatic heterocycles. The monoisotopic (exact) mass is 1760 g/mol. The number of thiophene rings is 4. The number of aromatic nitrogens is 4. The van der Waals surface area contributed by atoms with Gasteiger partial charge in [-0.05, 0) is 156 Å². The van der Waals surface area contributed by atoms with E-state index < -0.39 is 70.5 Å². The van der Waals surface area contributed by atoms with E-state index in [9.17, 15) is 55.9 Å². The second-order valence-electron chi connectivity index (χ2n) is 24.8. The molecule has 1 aliphatic rings. The number of pyridine rings is 4. The van der Waals surface area contributed by atoms with Crippen molar-refractivity contribution in [3.63, 3.8) is 0 Å². The third-order valence-electron chi connectivity index (χ3n) is 16.5. The molecule has 13 rings (SSSR count). The topological polar surface area (TPSA) is 427 Å². The predicted molar refractivity (Wildman–Crippen MR) is 459 cm³/mol. The average molecular weight is 1770 g/mol. The van der Waals surface area contributed by atoms with Crippen molar-refractivity contribution >= 4 is 208 Å². The van der Waals surface area contributed by atoms with Gasteiger partial charge in [0.2, 0.25) is 0 Å². The van der Waals surface area contributed by atoms with Crippen molar-refractivity contribution in [2.24, 2.45) is 16.5 Å². The highest BCUT2D eigenvalue weighted by Crippen LogP contribution is 2.31. The molecule has 28 nitrogen and oxygen atoms in total. The molecular formula is C79H64Cl4F4N20O8S4. The summed E-state index contributed by atoms with van der Waals surface area (Å²) >= 11 is 27.6. The van der Waals surface area contributed by atoms with Crippen LogP contribution in [0.3, 0.4) is 0 Å². The average Bonchev–Trinajstić information content (AvgIpc) is 1.71. The lowest BCUT2D eigenvalue weighted by molar-refractivity contribution is 0.101. The first-order valence-electron chi connectivity index (χ1n) is 34.5. The van der Waals surface area contributed by atoms with Crippen LogP contribution < -0.4 is 54.0 Å². The number of nitrogens with one attached hydrogen (secondary N) is 11. The molecule has 15 N–H and O–H groups in total. The maximum Gasteiger partial charge on any atom is 0.269 e. The number of hydrogen-bond donors (Lipinski definition) is 13. The number of carbonyl (C=O) groups is 8. The standard InChI is InChI=1S/C22H19ClFN5O2S.C20H17ClFN5O2S.C19H15ClFN5O2S.C18H13ClFN5O2S/c23-14-4-6-18(26-12-14)28-22(31)19-17(7-10-32-19)27-21(30)15-5-3-13(11-16(15)24)20(25)29-8-1-2-9-29;1-27(2)18(23)11-3-5-13(14(22)9-11)19(28)25-15-7-8-30-17(15)20(29)26-16-6-4-12(21)10-24-16;1-23-17(22)10-2-4-12(13(21)8-10)18(27)25-14-6-7-29-16(14)19(28)26-15-5-3-11(20)9-24-15;19-10-2-4-14(23-8-10)25-18(27)15-13(5-6-28-15)24-17(26)11-3-1-9(16(21)22)7-12(11)20/h3-7,10-12,25H,1-2,8-9H2,(H,27,30)(H,26,28,31);3-10,23H,1-2H3,(H,25,28)(H,24,26,29);2-9H,1H3,(H2,22,23)(H,25,27)(H,24,26,28);1-8H,(H3,21,22)(H,24,26)(H,23,25,27). The molecule has 8 amide bonds. The van der Waals surface area contributed by atoms with Crippen molar-refractivity contribution < 1.29 is 55.9 Å². The van der Waals surface area contributed by atoms with E-state index >= 15 is 0 Å². The van der Waals surface area contributed by atoms with Crippen LogP contribution in [0.15, 0.2) is 197 Å². The molecule has 0 saturated carbocycles. The molecule has 0 bridgehead atoms. The molecule has 0 spiro atoms. The van der Waals surface area contributed by atoms with Crippen LogP contribution in [0.2, 0.25) is 20.1 Å². The van der Waals surface area contributed by atoms with Gasteiger partial charge in [0.15, 0.2) is 0 Å². The van der Waals surface area contributed by atoms with Gasteiger partial charge in [-0.25, -0.2) is 37.5 Å². The minimum atomic E-state index is -0.822. The van der Waals surface area contributed by atoms with Gasteiger partial charge in [-0.15, -0.1) is 45.3 Å². The number of nitrogen functional groups attached to an aromatic ring is 1. The lowest BCUT2D eigenvalue weighted by Crippen LogP contribution is -2.28. The number of amidine groups is 4. The van der Waals surface area contributed by atoms with E-state index in [2.05, 4.69) is 67.5 Å². The van der Waals surface area contributed by atoms with E-state index in [1.807, 2.05) is 4.90 Å². The summed E-state index contributed by atoms with van der Waals surface area (Å²) in [5.74, 6) is -6.30. The van der Waals surface area contributed by atoms with E-state index in [0.29, 0.717) is 60.1 Å². The first kappa shape index (κ1) is 88.2. The van der Waals surface area contributed by atoms with Crippen LogP contribution in [-0.4, -0.2) is 135 Å². The van der Waals surface area contributed by atoms with Gasteiger partial charge < -0.3 is 63.8 Å². The van der Waals surface area contributed by atoms with Crippen molar-refractivity contribution in [1.29, 1.82) is 16.2 Å². The quantitative estimate of drug-likeness (QED) is 0.0191. The van der Waals surface area contributed by atoms with Gasteiger partial charge in [0.1, 0.15) is 89.4 Å². The Labute approximate surface area is 710 Å². The number of likely N-dealkylation sites (tertiary alicyclic amines) is 1. The number of nitrogens with zero attached hydrogens (tertiary/aromatic N) is 7. The van der Waals surface area contributed by atoms with E-state index in [-0.39, 0.29) is 93.4 Å². The molecule has 1 fully saturated rings. The maximum atomic E-state index is 14.7. The predicted octanol–water partition coefficient (Wildman–Crippen LogP) is 16.7. The third-order valence-corrected chi connectivity index (χ3v) is 21.0. The zero-order chi connectivity index (χ0) is 85.7. The summed E-state index contributed by atoms with van der Waals surface area (Å²) < 4.78 is 57.6. The molecule has 1 saturated heterocycles. The Kier molecular flexibility index (Phi) is 30.4. The Hall–Kier alpha value is -13.2. The van der Waals surface area contributed by atoms with Crippen molar-refractivity contribution in [2.75, 3.05) is 76.8 Å². The first-order chi connectivity index (χ1) is 56.9. The number of halogens is 8. The van der Waals surface area contributed by atoms with E-state index in [4.69, 9.17) is 74.1 Å². The molecular weight excluding hydrogens is 1700 g/mol. The van der Waals surface area contributed by atoms with Crippen molar-refractivity contribution in [1.82, 2.24) is 29.7 Å². The normalized spacial score (nSPS) is 11.3. The molecule has 9 heterocycles. The van der Waals surface area contributed by atoms with Crippen LogP contribution >= 0.6 is 91.8 Å². The van der Waals surface area contributed by atoms with Crippen molar-refractivity contribution in [2.45, 2.75) is 12.8 Å². The summed E-state index contributed by atoms with van der Waals surface area (Å²) in [6.45, 7) is 1.55. The zero-order valence-corrected chi connectivity index (χ0v) is 68.3. The Morgan fingerprint density at radius 2 is 0.672 bits per heavy atom. The molecule has 119 heavy (non-hydrogen) atoms. The summed E-state index contributed by atoms with van der Waals surface area (Å²) in [7, 11) is 4.82. The highest BCUT2D eigenvalue weighted by atomic mass is 35.5. The number of hydrogen-bond acceptors (Lipinski definition) is 20. The summed E-state index contributed by atoms with van der Waals surface area (Å²) in [5.41, 5.74) is 12.5. The fraction of sp³-hybridized carbons (Fsp3) is 0.0886. The summed E-state index contributed by atoms with van der Waals surface area (Å²) in [6.07, 6.45) is 7.62. The molecule has 0 radical (unpaired) electrons. The minimum absolute atomic E-state index is 0.119. The lowest BCUT2D eigenvalue weighted by Gasteiger charge is -2.18. The number of anilines is 8. The van der Waals surface area contributed by atoms with Gasteiger partial charge in [-0.1, -0.05) is 70.7 Å². The fourth-order valence-corrected chi connectivity index (χ4v) is 13.9. The highest BCUT2D eigenvalue weighted by Gasteiger charge is 2.26. The SMILES string of the molecule is CN(C)C(=N)c1ccc(C(=O)Nc2ccsc2C(=O)Nc2ccc(Cl)cn2)c(F)c1.CN=C(N)c1ccc(C(=O)Nc2ccsc2C(=O)Nc2ccc(Cl)cn2)c(F)c1.N=C(N)c1ccc(C(=O)Nc2ccsc2C(=O)Nc2ccc(Cl)cn2)c(F)c1.N=C(c1ccc(C(=O)Nc2ccsc2C(=O)Nc2ccc(Cl)cn2)c(F)c1)N1CCCC1. The van der Waals surface area contributed by atoms with E-state index in [1.54, 1.807) is 102 Å². The number of nitrogens with two attached hydrogens (primary N) is 2. The summed E-state index contributed by atoms with van der Waals surface area (Å²) in [4.78, 5) is 124. The second kappa shape index (κ2) is 41.1. The van der Waals surface area contributed by atoms with Crippen LogP contribution in [-0.2, 0) is 0 Å². The maximum absolute atomic E-state index is 14.7. The Morgan fingerprint density at radius 1 is 0.395 bits per heavy atom. The highest BCUT2D eigenvalue weighted by molar-refractivity contribution is 7.14. The zero-order valence-electron chi connectivity index (χ0n) is 62.0. The fourth-order valence-electron chi connectivity index (χ4n) is 10.5. The summed E-state index contributed by atoms with van der Waals surface area (Å²) in [5, 5.41) is 52.4. The molecule has 1 aliphatic heterocycles. The van der Waals surface area contributed by atoms with Crippen molar-refractivity contribution in [3.05, 3.63) is 299 Å². The van der Waals surface area contributed by atoms with Crippen LogP contribution in [0.25, 0.3) is 0 Å². The van der Waals surface area contributed by atoms with Gasteiger partial charge in [0, 0.05) is 81.3 Å². The van der Waals surface area contributed by atoms with E-state index in [0.717, 1.165) is 89.5 Å². The van der Waals surface area contributed by atoms with Crippen LogP contribution in [0.4, 0.5) is 63.6 Å². The third kappa shape index (κ3) is 23.8. The molecule has 0 unspecified atom stereocenters.